The molecule has 0 radical (unpaired) electrons. The van der Waals surface area contributed by atoms with Gasteiger partial charge in [0.25, 0.3) is 0 Å². The van der Waals surface area contributed by atoms with Gasteiger partial charge in [-0.2, -0.15) is 5.10 Å². The van der Waals surface area contributed by atoms with Crippen LogP contribution in [-0.2, 0) is 11.4 Å². The monoisotopic (exact) mass is 402 g/mol. The molecule has 4 rings (SSSR count). The second-order valence-corrected chi connectivity index (χ2v) is 7.96. The molecule has 1 saturated carbocycles. The number of hydrogen-bond donors (Lipinski definition) is 0. The number of benzene rings is 1. The highest BCUT2D eigenvalue weighted by Gasteiger charge is 2.23. The van der Waals surface area contributed by atoms with Gasteiger partial charge in [0.05, 0.1) is 26.5 Å². The fourth-order valence-corrected chi connectivity index (χ4v) is 4.51. The van der Waals surface area contributed by atoms with Gasteiger partial charge in [0.1, 0.15) is 5.75 Å². The zero-order valence-electron chi connectivity index (χ0n) is 16.7. The van der Waals surface area contributed by atoms with Crippen molar-refractivity contribution < 1.29 is 9.47 Å². The lowest BCUT2D eigenvalue weighted by Crippen LogP contribution is -2.37. The van der Waals surface area contributed by atoms with Gasteiger partial charge in [-0.15, -0.1) is 0 Å². The predicted octanol–water partition coefficient (Wildman–Crippen LogP) is 4.27. The van der Waals surface area contributed by atoms with Crippen molar-refractivity contribution in [1.29, 1.82) is 0 Å². The number of hydrogen-bond acceptors (Lipinski definition) is 5. The molecule has 0 amide bonds. The van der Waals surface area contributed by atoms with Crippen molar-refractivity contribution in [2.45, 2.75) is 51.7 Å². The molecule has 152 valence electrons. The van der Waals surface area contributed by atoms with E-state index in [2.05, 4.69) is 21.6 Å². The summed E-state index contributed by atoms with van der Waals surface area (Å²) in [6.07, 6.45) is 6.22. The van der Waals surface area contributed by atoms with Crippen molar-refractivity contribution in [3.63, 3.8) is 0 Å². The van der Waals surface area contributed by atoms with E-state index in [1.165, 1.54) is 32.1 Å². The fourth-order valence-electron chi connectivity index (χ4n) is 4.18. The van der Waals surface area contributed by atoms with Gasteiger partial charge in [0.2, 0.25) is 0 Å². The van der Waals surface area contributed by atoms with E-state index in [1.807, 2.05) is 23.7 Å². The molecule has 2 heterocycles. The Labute approximate surface area is 172 Å². The number of nitrogens with zero attached hydrogens (tertiary/aromatic N) is 4. The van der Waals surface area contributed by atoms with E-state index >= 15 is 0 Å². The standard InChI is InChI=1S/C21H30N4O2S/c1-2-27-19-10-8-17(9-11-19)20-22-24(16-23-12-14-26-15-13-23)21(28)25(20)18-6-4-3-5-7-18/h8-11,18H,2-7,12-16H2,1H3. The van der Waals surface area contributed by atoms with E-state index in [0.717, 1.165) is 54.9 Å². The number of ether oxygens (including phenoxy) is 2. The molecule has 0 spiro atoms. The van der Waals surface area contributed by atoms with Crippen LogP contribution < -0.4 is 4.74 Å². The minimum absolute atomic E-state index is 0.446. The van der Waals surface area contributed by atoms with Crippen LogP contribution in [0.4, 0.5) is 0 Å². The Balaban J connectivity index is 1.68. The summed E-state index contributed by atoms with van der Waals surface area (Å²) in [6.45, 7) is 6.82. The Bertz CT molecular complexity index is 818. The predicted molar refractivity (Wildman–Crippen MR) is 112 cm³/mol. The molecule has 2 aliphatic rings. The third kappa shape index (κ3) is 4.31. The molecule has 2 aromatic rings. The van der Waals surface area contributed by atoms with Crippen LogP contribution in [0, 0.1) is 4.77 Å². The number of rotatable bonds is 6. The molecule has 28 heavy (non-hydrogen) atoms. The van der Waals surface area contributed by atoms with E-state index in [0.29, 0.717) is 12.6 Å². The van der Waals surface area contributed by atoms with Crippen molar-refractivity contribution in [3.8, 4) is 17.1 Å². The van der Waals surface area contributed by atoms with Crippen LogP contribution in [0.15, 0.2) is 24.3 Å². The summed E-state index contributed by atoms with van der Waals surface area (Å²) in [4.78, 5) is 2.36. The Hall–Kier alpha value is -1.70. The Kier molecular flexibility index (Phi) is 6.44. The first kappa shape index (κ1) is 19.6. The van der Waals surface area contributed by atoms with Crippen molar-refractivity contribution in [1.82, 2.24) is 19.2 Å². The molecule has 1 aromatic carbocycles. The topological polar surface area (TPSA) is 44.4 Å². The van der Waals surface area contributed by atoms with E-state index in [1.54, 1.807) is 0 Å². The third-order valence-electron chi connectivity index (χ3n) is 5.67. The number of morpholine rings is 1. The minimum Gasteiger partial charge on any atom is -0.494 e. The van der Waals surface area contributed by atoms with E-state index < -0.39 is 0 Å². The van der Waals surface area contributed by atoms with Gasteiger partial charge < -0.3 is 9.47 Å². The molecule has 7 heteroatoms. The maximum absolute atomic E-state index is 5.91. The summed E-state index contributed by atoms with van der Waals surface area (Å²) in [5.74, 6) is 1.87. The molecule has 1 aromatic heterocycles. The van der Waals surface area contributed by atoms with E-state index in [9.17, 15) is 0 Å². The third-order valence-corrected chi connectivity index (χ3v) is 6.08. The normalized spacial score (nSPS) is 19.0. The second-order valence-electron chi connectivity index (χ2n) is 7.60. The SMILES string of the molecule is CCOc1ccc(-c2nn(CN3CCOCC3)c(=S)n2C2CCCCC2)cc1. The molecule has 1 saturated heterocycles. The van der Waals surface area contributed by atoms with Crippen LogP contribution in [0.25, 0.3) is 11.4 Å². The van der Waals surface area contributed by atoms with Crippen LogP contribution >= 0.6 is 12.2 Å². The maximum atomic E-state index is 5.91. The van der Waals surface area contributed by atoms with Gasteiger partial charge >= 0.3 is 0 Å². The molecule has 0 N–H and O–H groups in total. The molecule has 0 unspecified atom stereocenters. The van der Waals surface area contributed by atoms with E-state index in [4.69, 9.17) is 26.8 Å². The van der Waals surface area contributed by atoms with E-state index in [-0.39, 0.29) is 0 Å². The molecular weight excluding hydrogens is 372 g/mol. The molecule has 0 bridgehead atoms. The zero-order chi connectivity index (χ0) is 19.3. The van der Waals surface area contributed by atoms with Crippen molar-refractivity contribution in [2.24, 2.45) is 0 Å². The van der Waals surface area contributed by atoms with Crippen molar-refractivity contribution >= 4 is 12.2 Å². The highest BCUT2D eigenvalue weighted by molar-refractivity contribution is 7.71. The molecule has 1 aliphatic heterocycles. The highest BCUT2D eigenvalue weighted by Crippen LogP contribution is 2.33. The summed E-state index contributed by atoms with van der Waals surface area (Å²) in [5.41, 5.74) is 1.10. The van der Waals surface area contributed by atoms with Crippen molar-refractivity contribution in [3.05, 3.63) is 29.0 Å². The average Bonchev–Trinajstić information content (AvgIpc) is 3.06. The largest absolute Gasteiger partial charge is 0.494 e. The van der Waals surface area contributed by atoms with Crippen molar-refractivity contribution in [2.75, 3.05) is 32.9 Å². The quantitative estimate of drug-likeness (QED) is 0.675. The lowest BCUT2D eigenvalue weighted by molar-refractivity contribution is 0.0209. The molecule has 6 nitrogen and oxygen atoms in total. The summed E-state index contributed by atoms with van der Waals surface area (Å²) in [5, 5.41) is 4.98. The van der Waals surface area contributed by atoms with Crippen LogP contribution in [0.3, 0.4) is 0 Å². The molecule has 0 atom stereocenters. The second kappa shape index (κ2) is 9.20. The summed E-state index contributed by atoms with van der Waals surface area (Å²) in [6, 6.07) is 8.68. The van der Waals surface area contributed by atoms with Gasteiger partial charge in [-0.3, -0.25) is 9.47 Å². The van der Waals surface area contributed by atoms with Gasteiger partial charge in [-0.05, 0) is 56.2 Å². The molecule has 2 fully saturated rings. The molecule has 1 aliphatic carbocycles. The Morgan fingerprint density at radius 1 is 1.11 bits per heavy atom. The summed E-state index contributed by atoms with van der Waals surface area (Å²) < 4.78 is 16.2. The zero-order valence-corrected chi connectivity index (χ0v) is 17.5. The lowest BCUT2D eigenvalue weighted by Gasteiger charge is -2.26. The van der Waals surface area contributed by atoms with Gasteiger partial charge in [-0.1, -0.05) is 19.3 Å². The Morgan fingerprint density at radius 2 is 1.82 bits per heavy atom. The highest BCUT2D eigenvalue weighted by atomic mass is 32.1. The maximum Gasteiger partial charge on any atom is 0.199 e. The summed E-state index contributed by atoms with van der Waals surface area (Å²) >= 11 is 5.91. The van der Waals surface area contributed by atoms with Gasteiger partial charge in [-0.25, -0.2) is 4.68 Å². The first-order chi connectivity index (χ1) is 13.8. The van der Waals surface area contributed by atoms with Gasteiger partial charge in [0.15, 0.2) is 10.6 Å². The van der Waals surface area contributed by atoms with Crippen LogP contribution in [0.5, 0.6) is 5.75 Å². The first-order valence-electron chi connectivity index (χ1n) is 10.5. The Morgan fingerprint density at radius 3 is 2.50 bits per heavy atom. The van der Waals surface area contributed by atoms with Crippen LogP contribution in [0.2, 0.25) is 0 Å². The lowest BCUT2D eigenvalue weighted by atomic mass is 9.95. The fraction of sp³-hybridized carbons (Fsp3) is 0.619. The first-order valence-corrected chi connectivity index (χ1v) is 10.9. The smallest absolute Gasteiger partial charge is 0.199 e. The molecular formula is C21H30N4O2S. The van der Waals surface area contributed by atoms with Gasteiger partial charge in [0, 0.05) is 24.7 Å². The minimum atomic E-state index is 0.446. The van der Waals surface area contributed by atoms with Crippen LogP contribution in [0.1, 0.15) is 45.1 Å². The average molecular weight is 403 g/mol. The summed E-state index contributed by atoms with van der Waals surface area (Å²) in [7, 11) is 0. The number of aromatic nitrogens is 3. The van der Waals surface area contributed by atoms with Crippen LogP contribution in [-0.4, -0.2) is 52.2 Å².